The molecule has 1 aliphatic rings. The molecule has 2 rings (SSSR count). The third-order valence-corrected chi connectivity index (χ3v) is 3.43. The molecule has 1 aromatic rings. The summed E-state index contributed by atoms with van der Waals surface area (Å²) in [5, 5.41) is 9.38. The average molecular weight is 249 g/mol. The standard InChI is InChI=1S/C14H23N3O/c1-12(18)11-16-6-8-17(9-7-16)14-4-2-13(10-15)3-5-14/h2-5,12,18H,6-11,15H2,1H3. The number of aliphatic hydroxyl groups excluding tert-OH is 1. The second-order valence-corrected chi connectivity index (χ2v) is 5.01. The molecule has 1 atom stereocenters. The SMILES string of the molecule is CC(O)CN1CCN(c2ccc(CN)cc2)CC1. The number of aliphatic hydroxyl groups is 1. The van der Waals surface area contributed by atoms with E-state index in [4.69, 9.17) is 5.73 Å². The lowest BCUT2D eigenvalue weighted by atomic mass is 10.2. The molecule has 3 N–H and O–H groups in total. The predicted molar refractivity (Wildman–Crippen MR) is 74.7 cm³/mol. The summed E-state index contributed by atoms with van der Waals surface area (Å²) < 4.78 is 0. The topological polar surface area (TPSA) is 52.7 Å². The van der Waals surface area contributed by atoms with Gasteiger partial charge in [0.05, 0.1) is 6.10 Å². The first-order chi connectivity index (χ1) is 8.69. The van der Waals surface area contributed by atoms with E-state index in [1.807, 2.05) is 6.92 Å². The molecule has 18 heavy (non-hydrogen) atoms. The number of hydrogen-bond acceptors (Lipinski definition) is 4. The Hall–Kier alpha value is -1.10. The smallest absolute Gasteiger partial charge is 0.0639 e. The van der Waals surface area contributed by atoms with Gasteiger partial charge in [-0.2, -0.15) is 0 Å². The summed E-state index contributed by atoms with van der Waals surface area (Å²) in [6.45, 7) is 7.30. The van der Waals surface area contributed by atoms with Crippen molar-refractivity contribution >= 4 is 5.69 Å². The molecule has 0 radical (unpaired) electrons. The molecule has 1 aromatic carbocycles. The van der Waals surface area contributed by atoms with E-state index in [9.17, 15) is 5.11 Å². The fraction of sp³-hybridized carbons (Fsp3) is 0.571. The maximum Gasteiger partial charge on any atom is 0.0639 e. The van der Waals surface area contributed by atoms with Crippen LogP contribution in [0, 0.1) is 0 Å². The molecule has 1 heterocycles. The Bertz CT molecular complexity index is 356. The molecule has 4 heteroatoms. The number of anilines is 1. The zero-order chi connectivity index (χ0) is 13.0. The van der Waals surface area contributed by atoms with E-state index in [1.54, 1.807) is 0 Å². The largest absolute Gasteiger partial charge is 0.392 e. The number of nitrogens with zero attached hydrogens (tertiary/aromatic N) is 2. The highest BCUT2D eigenvalue weighted by Gasteiger charge is 2.17. The molecule has 1 fully saturated rings. The Labute approximate surface area is 109 Å². The maximum atomic E-state index is 9.38. The van der Waals surface area contributed by atoms with Gasteiger partial charge in [-0.25, -0.2) is 0 Å². The van der Waals surface area contributed by atoms with E-state index in [0.29, 0.717) is 6.54 Å². The Morgan fingerprint density at radius 3 is 2.28 bits per heavy atom. The summed E-state index contributed by atoms with van der Waals surface area (Å²) in [4.78, 5) is 4.70. The van der Waals surface area contributed by atoms with Gasteiger partial charge >= 0.3 is 0 Å². The van der Waals surface area contributed by atoms with Gasteiger partial charge in [-0.1, -0.05) is 12.1 Å². The summed E-state index contributed by atoms with van der Waals surface area (Å²) >= 11 is 0. The van der Waals surface area contributed by atoms with Gasteiger partial charge in [-0.05, 0) is 24.6 Å². The van der Waals surface area contributed by atoms with Crippen molar-refractivity contribution in [1.29, 1.82) is 0 Å². The van der Waals surface area contributed by atoms with E-state index in [0.717, 1.165) is 32.7 Å². The zero-order valence-electron chi connectivity index (χ0n) is 11.0. The van der Waals surface area contributed by atoms with Crippen molar-refractivity contribution < 1.29 is 5.11 Å². The molecular formula is C14H23N3O. The third kappa shape index (κ3) is 3.45. The van der Waals surface area contributed by atoms with Gasteiger partial charge in [0.25, 0.3) is 0 Å². The van der Waals surface area contributed by atoms with E-state index in [1.165, 1.54) is 11.3 Å². The van der Waals surface area contributed by atoms with Crippen LogP contribution in [0.15, 0.2) is 24.3 Å². The van der Waals surface area contributed by atoms with Gasteiger partial charge in [-0.3, -0.25) is 4.90 Å². The number of hydrogen-bond donors (Lipinski definition) is 2. The first kappa shape index (κ1) is 13.3. The average Bonchev–Trinajstić information content (AvgIpc) is 2.39. The Morgan fingerprint density at radius 1 is 1.17 bits per heavy atom. The molecule has 0 aromatic heterocycles. The third-order valence-electron chi connectivity index (χ3n) is 3.43. The van der Waals surface area contributed by atoms with Gasteiger partial charge < -0.3 is 15.7 Å². The summed E-state index contributed by atoms with van der Waals surface area (Å²) in [5.74, 6) is 0. The molecule has 0 amide bonds. The lowest BCUT2D eigenvalue weighted by Crippen LogP contribution is -2.48. The molecule has 0 spiro atoms. The Kier molecular flexibility index (Phi) is 4.58. The van der Waals surface area contributed by atoms with Crippen LogP contribution in [0.2, 0.25) is 0 Å². The summed E-state index contributed by atoms with van der Waals surface area (Å²) in [6.07, 6.45) is -0.236. The van der Waals surface area contributed by atoms with Crippen LogP contribution in [0.1, 0.15) is 12.5 Å². The van der Waals surface area contributed by atoms with Crippen molar-refractivity contribution in [3.05, 3.63) is 29.8 Å². The van der Waals surface area contributed by atoms with E-state index in [-0.39, 0.29) is 6.10 Å². The number of nitrogens with two attached hydrogens (primary N) is 1. The quantitative estimate of drug-likeness (QED) is 0.822. The van der Waals surface area contributed by atoms with Gasteiger partial charge in [0, 0.05) is 45.0 Å². The Morgan fingerprint density at radius 2 is 1.78 bits per heavy atom. The number of β-amino-alcohol motifs (C(OH)–C–C–N with tert-alkyl or cyclic N) is 1. The molecule has 0 saturated carbocycles. The summed E-state index contributed by atoms with van der Waals surface area (Å²) in [7, 11) is 0. The first-order valence-corrected chi connectivity index (χ1v) is 6.63. The van der Waals surface area contributed by atoms with E-state index >= 15 is 0 Å². The molecule has 1 unspecified atom stereocenters. The van der Waals surface area contributed by atoms with Crippen LogP contribution in [0.4, 0.5) is 5.69 Å². The molecule has 0 bridgehead atoms. The van der Waals surface area contributed by atoms with Crippen LogP contribution in [-0.2, 0) is 6.54 Å². The molecule has 100 valence electrons. The van der Waals surface area contributed by atoms with Gasteiger partial charge in [-0.15, -0.1) is 0 Å². The molecular weight excluding hydrogens is 226 g/mol. The maximum absolute atomic E-state index is 9.38. The summed E-state index contributed by atoms with van der Waals surface area (Å²) in [5.41, 5.74) is 8.04. The van der Waals surface area contributed by atoms with Gasteiger partial charge in [0.2, 0.25) is 0 Å². The number of piperazine rings is 1. The lowest BCUT2D eigenvalue weighted by Gasteiger charge is -2.36. The van der Waals surface area contributed by atoms with Crippen LogP contribution < -0.4 is 10.6 Å². The number of benzene rings is 1. The predicted octanol–water partition coefficient (Wildman–Crippen LogP) is 0.648. The van der Waals surface area contributed by atoms with Crippen molar-refractivity contribution in [3.63, 3.8) is 0 Å². The lowest BCUT2D eigenvalue weighted by molar-refractivity contribution is 0.123. The van der Waals surface area contributed by atoms with Crippen molar-refractivity contribution in [1.82, 2.24) is 4.90 Å². The minimum atomic E-state index is -0.236. The van der Waals surface area contributed by atoms with Crippen molar-refractivity contribution in [2.24, 2.45) is 5.73 Å². The fourth-order valence-electron chi connectivity index (χ4n) is 2.41. The van der Waals surface area contributed by atoms with Gasteiger partial charge in [0.15, 0.2) is 0 Å². The van der Waals surface area contributed by atoms with Crippen molar-refractivity contribution in [2.75, 3.05) is 37.6 Å². The molecule has 4 nitrogen and oxygen atoms in total. The highest BCUT2D eigenvalue weighted by atomic mass is 16.3. The zero-order valence-corrected chi connectivity index (χ0v) is 11.0. The van der Waals surface area contributed by atoms with Crippen LogP contribution >= 0.6 is 0 Å². The van der Waals surface area contributed by atoms with Crippen molar-refractivity contribution in [2.45, 2.75) is 19.6 Å². The van der Waals surface area contributed by atoms with Crippen LogP contribution in [0.5, 0.6) is 0 Å². The van der Waals surface area contributed by atoms with Crippen LogP contribution in [0.3, 0.4) is 0 Å². The number of rotatable bonds is 4. The molecule has 1 saturated heterocycles. The van der Waals surface area contributed by atoms with Crippen LogP contribution in [-0.4, -0.2) is 48.8 Å². The molecule has 0 aliphatic carbocycles. The highest BCUT2D eigenvalue weighted by molar-refractivity contribution is 5.48. The van der Waals surface area contributed by atoms with E-state index < -0.39 is 0 Å². The van der Waals surface area contributed by atoms with Gasteiger partial charge in [0.1, 0.15) is 0 Å². The Balaban J connectivity index is 1.88. The van der Waals surface area contributed by atoms with Crippen molar-refractivity contribution in [3.8, 4) is 0 Å². The first-order valence-electron chi connectivity index (χ1n) is 6.63. The fourth-order valence-corrected chi connectivity index (χ4v) is 2.41. The summed E-state index contributed by atoms with van der Waals surface area (Å²) in [6, 6.07) is 8.48. The monoisotopic (exact) mass is 249 g/mol. The molecule has 1 aliphatic heterocycles. The van der Waals surface area contributed by atoms with E-state index in [2.05, 4.69) is 34.1 Å². The highest BCUT2D eigenvalue weighted by Crippen LogP contribution is 2.17. The minimum Gasteiger partial charge on any atom is -0.392 e. The van der Waals surface area contributed by atoms with Crippen LogP contribution in [0.25, 0.3) is 0 Å². The normalized spacial score (nSPS) is 18.9. The second kappa shape index (κ2) is 6.18. The minimum absolute atomic E-state index is 0.236. The second-order valence-electron chi connectivity index (χ2n) is 5.01.